The molecule has 0 radical (unpaired) electrons. The SMILES string of the molecule is O=C(O)[C@@](O)(c1ccc(F)cc1)C(F)(F)F. The Kier molecular flexibility index (Phi) is 2.91. The van der Waals surface area contributed by atoms with Crippen molar-refractivity contribution < 1.29 is 32.6 Å². The van der Waals surface area contributed by atoms with Gasteiger partial charge in [0.25, 0.3) is 5.60 Å². The maximum absolute atomic E-state index is 12.5. The number of halogens is 4. The molecule has 1 aromatic rings. The molecule has 0 aliphatic rings. The number of carboxylic acids is 1. The highest BCUT2D eigenvalue weighted by molar-refractivity contribution is 5.80. The van der Waals surface area contributed by atoms with Crippen LogP contribution in [0.15, 0.2) is 24.3 Å². The fourth-order valence-corrected chi connectivity index (χ4v) is 1.10. The number of aliphatic carboxylic acids is 1. The molecule has 1 aromatic carbocycles. The third-order valence-electron chi connectivity index (χ3n) is 1.98. The van der Waals surface area contributed by atoms with Gasteiger partial charge in [-0.1, -0.05) is 12.1 Å². The van der Waals surface area contributed by atoms with Gasteiger partial charge in [-0.05, 0) is 12.1 Å². The number of alkyl halides is 3. The number of rotatable bonds is 2. The van der Waals surface area contributed by atoms with E-state index in [2.05, 4.69) is 0 Å². The van der Waals surface area contributed by atoms with Crippen LogP contribution in [0.25, 0.3) is 0 Å². The summed E-state index contributed by atoms with van der Waals surface area (Å²) in [7, 11) is 0. The second-order valence-electron chi connectivity index (χ2n) is 3.02. The Balaban J connectivity index is 3.34. The van der Waals surface area contributed by atoms with Crippen molar-refractivity contribution in [3.63, 3.8) is 0 Å². The zero-order chi connectivity index (χ0) is 12.6. The molecule has 0 unspecified atom stereocenters. The van der Waals surface area contributed by atoms with Gasteiger partial charge in [-0.2, -0.15) is 13.2 Å². The fourth-order valence-electron chi connectivity index (χ4n) is 1.10. The average Bonchev–Trinajstić information content (AvgIpc) is 2.15. The first-order chi connectivity index (χ1) is 7.19. The summed E-state index contributed by atoms with van der Waals surface area (Å²) in [4.78, 5) is 10.5. The normalized spacial score (nSPS) is 15.6. The van der Waals surface area contributed by atoms with Crippen LogP contribution in [0.2, 0.25) is 0 Å². The van der Waals surface area contributed by atoms with E-state index in [0.29, 0.717) is 24.3 Å². The summed E-state index contributed by atoms with van der Waals surface area (Å²) < 4.78 is 49.7. The van der Waals surface area contributed by atoms with Crippen molar-refractivity contribution >= 4 is 5.97 Å². The Hall–Kier alpha value is -1.63. The summed E-state index contributed by atoms with van der Waals surface area (Å²) in [5, 5.41) is 17.6. The van der Waals surface area contributed by atoms with Crippen LogP contribution < -0.4 is 0 Å². The van der Waals surface area contributed by atoms with Crippen LogP contribution >= 0.6 is 0 Å². The highest BCUT2D eigenvalue weighted by Crippen LogP contribution is 2.39. The zero-order valence-electron chi connectivity index (χ0n) is 7.62. The summed E-state index contributed by atoms with van der Waals surface area (Å²) in [5.74, 6) is -3.30. The van der Waals surface area contributed by atoms with E-state index < -0.39 is 29.1 Å². The predicted octanol–water partition coefficient (Wildman–Crippen LogP) is 1.66. The summed E-state index contributed by atoms with van der Waals surface area (Å²) >= 11 is 0. The van der Waals surface area contributed by atoms with E-state index in [1.807, 2.05) is 0 Å². The van der Waals surface area contributed by atoms with E-state index in [9.17, 15) is 22.4 Å². The lowest BCUT2D eigenvalue weighted by atomic mass is 9.93. The van der Waals surface area contributed by atoms with Gasteiger partial charge in [0.05, 0.1) is 0 Å². The van der Waals surface area contributed by atoms with E-state index in [1.165, 1.54) is 0 Å². The maximum Gasteiger partial charge on any atom is 0.432 e. The lowest BCUT2D eigenvalue weighted by Gasteiger charge is -2.26. The van der Waals surface area contributed by atoms with Crippen molar-refractivity contribution in [2.24, 2.45) is 0 Å². The molecule has 16 heavy (non-hydrogen) atoms. The molecule has 88 valence electrons. The molecule has 0 spiro atoms. The Bertz CT molecular complexity index is 398. The van der Waals surface area contributed by atoms with Gasteiger partial charge in [-0.3, -0.25) is 0 Å². The Morgan fingerprint density at radius 3 is 1.88 bits per heavy atom. The number of carbonyl (C=O) groups is 1. The van der Waals surface area contributed by atoms with E-state index in [1.54, 1.807) is 0 Å². The molecule has 0 heterocycles. The van der Waals surface area contributed by atoms with Crippen LogP contribution in [0.4, 0.5) is 17.6 Å². The van der Waals surface area contributed by atoms with Gasteiger partial charge in [-0.15, -0.1) is 0 Å². The molecular weight excluding hydrogens is 232 g/mol. The van der Waals surface area contributed by atoms with E-state index in [-0.39, 0.29) is 0 Å². The molecule has 0 fully saturated rings. The molecule has 1 atom stereocenters. The highest BCUT2D eigenvalue weighted by Gasteiger charge is 2.61. The Morgan fingerprint density at radius 2 is 1.56 bits per heavy atom. The van der Waals surface area contributed by atoms with Crippen LogP contribution in [-0.4, -0.2) is 22.4 Å². The van der Waals surface area contributed by atoms with Gasteiger partial charge >= 0.3 is 12.1 Å². The second-order valence-corrected chi connectivity index (χ2v) is 3.02. The lowest BCUT2D eigenvalue weighted by Crippen LogP contribution is -2.49. The van der Waals surface area contributed by atoms with Gasteiger partial charge in [0.2, 0.25) is 0 Å². The van der Waals surface area contributed by atoms with Gasteiger partial charge in [0.15, 0.2) is 0 Å². The van der Waals surface area contributed by atoms with Gasteiger partial charge in [-0.25, -0.2) is 9.18 Å². The maximum atomic E-state index is 12.5. The number of hydrogen-bond acceptors (Lipinski definition) is 2. The fraction of sp³-hybridized carbons (Fsp3) is 0.222. The van der Waals surface area contributed by atoms with Crippen molar-refractivity contribution in [3.8, 4) is 0 Å². The molecule has 0 aliphatic carbocycles. The molecule has 2 N–H and O–H groups in total. The van der Waals surface area contributed by atoms with Crippen molar-refractivity contribution in [3.05, 3.63) is 35.6 Å². The molecule has 0 bridgehead atoms. The molecule has 0 saturated heterocycles. The standard InChI is InChI=1S/C9H6F4O3/c10-6-3-1-5(2-4-6)8(16,7(14)15)9(11,12)13/h1-4,16H,(H,14,15)/t8-/m0/s1. The molecule has 1 rings (SSSR count). The highest BCUT2D eigenvalue weighted by atomic mass is 19.4. The van der Waals surface area contributed by atoms with Crippen LogP contribution in [0.3, 0.4) is 0 Å². The minimum Gasteiger partial charge on any atom is -0.479 e. The second kappa shape index (κ2) is 3.75. The van der Waals surface area contributed by atoms with Crippen molar-refractivity contribution in [1.29, 1.82) is 0 Å². The molecule has 0 aromatic heterocycles. The Labute approximate surface area is 86.9 Å². The molecular formula is C9H6F4O3. The topological polar surface area (TPSA) is 57.5 Å². The third kappa shape index (κ3) is 1.85. The largest absolute Gasteiger partial charge is 0.479 e. The van der Waals surface area contributed by atoms with E-state index in [4.69, 9.17) is 10.2 Å². The third-order valence-corrected chi connectivity index (χ3v) is 1.98. The van der Waals surface area contributed by atoms with Crippen LogP contribution in [0.1, 0.15) is 5.56 Å². The summed E-state index contributed by atoms with van der Waals surface area (Å²) in [6, 6.07) is 2.40. The molecule has 3 nitrogen and oxygen atoms in total. The molecule has 0 aliphatic heterocycles. The number of benzene rings is 1. The first-order valence-corrected chi connectivity index (χ1v) is 3.98. The summed E-state index contributed by atoms with van der Waals surface area (Å²) in [6.07, 6.45) is -5.39. The molecule has 7 heteroatoms. The predicted molar refractivity (Wildman–Crippen MR) is 44.0 cm³/mol. The monoisotopic (exact) mass is 238 g/mol. The number of hydrogen-bond donors (Lipinski definition) is 2. The Morgan fingerprint density at radius 1 is 1.12 bits per heavy atom. The number of aliphatic hydroxyl groups is 1. The minimum atomic E-state index is -5.39. The van der Waals surface area contributed by atoms with Gasteiger partial charge in [0, 0.05) is 5.56 Å². The van der Waals surface area contributed by atoms with Crippen LogP contribution in [0, 0.1) is 5.82 Å². The first kappa shape index (κ1) is 12.4. The van der Waals surface area contributed by atoms with Crippen molar-refractivity contribution in [2.45, 2.75) is 11.8 Å². The van der Waals surface area contributed by atoms with E-state index in [0.717, 1.165) is 0 Å². The summed E-state index contributed by atoms with van der Waals surface area (Å²) in [6.45, 7) is 0. The van der Waals surface area contributed by atoms with Crippen molar-refractivity contribution in [1.82, 2.24) is 0 Å². The lowest BCUT2D eigenvalue weighted by molar-refractivity contribution is -0.265. The first-order valence-electron chi connectivity index (χ1n) is 3.98. The average molecular weight is 238 g/mol. The van der Waals surface area contributed by atoms with Gasteiger partial charge < -0.3 is 10.2 Å². The summed E-state index contributed by atoms with van der Waals surface area (Å²) in [5.41, 5.74) is -4.98. The van der Waals surface area contributed by atoms with E-state index >= 15 is 0 Å². The van der Waals surface area contributed by atoms with Crippen LogP contribution in [-0.2, 0) is 10.4 Å². The van der Waals surface area contributed by atoms with Crippen molar-refractivity contribution in [2.75, 3.05) is 0 Å². The molecule has 0 saturated carbocycles. The zero-order valence-corrected chi connectivity index (χ0v) is 7.62. The van der Waals surface area contributed by atoms with Gasteiger partial charge in [0.1, 0.15) is 5.82 Å². The smallest absolute Gasteiger partial charge is 0.432 e. The quantitative estimate of drug-likeness (QED) is 0.770. The minimum absolute atomic E-state index is 0.566. The number of carboxylic acid groups (broad SMARTS) is 1. The molecule has 0 amide bonds. The van der Waals surface area contributed by atoms with Crippen LogP contribution in [0.5, 0.6) is 0 Å².